The maximum atomic E-state index is 13.5. The zero-order valence-corrected chi connectivity index (χ0v) is 20.8. The fourth-order valence-corrected chi connectivity index (χ4v) is 4.33. The number of aromatic hydroxyl groups is 1. The quantitative estimate of drug-likeness (QED) is 0.179. The maximum Gasteiger partial charge on any atom is 0.243 e. The van der Waals surface area contributed by atoms with Crippen LogP contribution < -0.4 is 22.1 Å². The molecular weight excluding hydrogens is 482 g/mol. The topological polar surface area (TPSA) is 163 Å². The van der Waals surface area contributed by atoms with Gasteiger partial charge in [-0.15, -0.1) is 0 Å². The highest BCUT2D eigenvalue weighted by Gasteiger charge is 2.28. The van der Waals surface area contributed by atoms with Crippen molar-refractivity contribution in [1.29, 1.82) is 0 Å². The van der Waals surface area contributed by atoms with Gasteiger partial charge >= 0.3 is 0 Å². The van der Waals surface area contributed by atoms with Crippen LogP contribution in [0.2, 0.25) is 0 Å². The number of phenols is 1. The molecule has 4 rings (SSSR count). The van der Waals surface area contributed by atoms with Crippen LogP contribution in [0.25, 0.3) is 10.9 Å². The van der Waals surface area contributed by atoms with Crippen molar-refractivity contribution in [2.24, 2.45) is 11.5 Å². The molecule has 0 aliphatic rings. The van der Waals surface area contributed by atoms with Gasteiger partial charge in [-0.2, -0.15) is 0 Å². The molecule has 0 spiro atoms. The Hall–Kier alpha value is -4.63. The normalized spacial score (nSPS) is 13.4. The van der Waals surface area contributed by atoms with E-state index in [4.69, 9.17) is 11.5 Å². The Balaban J connectivity index is 1.53. The summed E-state index contributed by atoms with van der Waals surface area (Å²) in [7, 11) is 0. The first-order valence-electron chi connectivity index (χ1n) is 12.3. The third-order valence-electron chi connectivity index (χ3n) is 6.40. The van der Waals surface area contributed by atoms with E-state index in [1.54, 1.807) is 18.3 Å². The summed E-state index contributed by atoms with van der Waals surface area (Å²) in [6, 6.07) is 20.4. The zero-order valence-electron chi connectivity index (χ0n) is 20.8. The van der Waals surface area contributed by atoms with Crippen molar-refractivity contribution < 1.29 is 19.5 Å². The van der Waals surface area contributed by atoms with E-state index in [-0.39, 0.29) is 18.6 Å². The third kappa shape index (κ3) is 6.77. The number of fused-ring (bicyclic) bond motifs is 1. The molecule has 0 fully saturated rings. The van der Waals surface area contributed by atoms with Gasteiger partial charge in [-0.1, -0.05) is 60.7 Å². The van der Waals surface area contributed by atoms with Gasteiger partial charge in [0.2, 0.25) is 17.7 Å². The van der Waals surface area contributed by atoms with E-state index in [9.17, 15) is 19.5 Å². The number of carbonyl (C=O) groups is 3. The lowest BCUT2D eigenvalue weighted by molar-refractivity contribution is -0.131. The number of aromatic nitrogens is 1. The Labute approximate surface area is 220 Å². The second kappa shape index (κ2) is 12.1. The summed E-state index contributed by atoms with van der Waals surface area (Å²) in [4.78, 5) is 41.9. The molecule has 38 heavy (non-hydrogen) atoms. The third-order valence-corrected chi connectivity index (χ3v) is 6.40. The van der Waals surface area contributed by atoms with Gasteiger partial charge < -0.3 is 32.2 Å². The van der Waals surface area contributed by atoms with Crippen molar-refractivity contribution in [3.8, 4) is 5.75 Å². The average molecular weight is 514 g/mol. The van der Waals surface area contributed by atoms with Gasteiger partial charge in [0.25, 0.3) is 0 Å². The van der Waals surface area contributed by atoms with E-state index in [0.29, 0.717) is 12.0 Å². The second-order valence-corrected chi connectivity index (χ2v) is 9.26. The minimum Gasteiger partial charge on any atom is -0.508 e. The van der Waals surface area contributed by atoms with E-state index >= 15 is 0 Å². The smallest absolute Gasteiger partial charge is 0.243 e. The van der Waals surface area contributed by atoms with Crippen LogP contribution in [0.15, 0.2) is 85.1 Å². The minimum atomic E-state index is -1.02. The number of phenolic OH excluding ortho intramolecular Hbond substituents is 1. The van der Waals surface area contributed by atoms with Crippen molar-refractivity contribution in [3.63, 3.8) is 0 Å². The Bertz CT molecular complexity index is 1400. The molecule has 0 radical (unpaired) electrons. The molecule has 3 atom stereocenters. The highest BCUT2D eigenvalue weighted by Crippen LogP contribution is 2.19. The molecule has 3 aromatic carbocycles. The molecule has 9 nitrogen and oxygen atoms in total. The predicted molar refractivity (Wildman–Crippen MR) is 145 cm³/mol. The van der Waals surface area contributed by atoms with Gasteiger partial charge in [-0.25, -0.2) is 0 Å². The molecule has 9 heteroatoms. The number of nitrogens with two attached hydrogens (primary N) is 2. The van der Waals surface area contributed by atoms with Crippen LogP contribution in [0.1, 0.15) is 16.7 Å². The summed E-state index contributed by atoms with van der Waals surface area (Å²) in [5.41, 5.74) is 15.1. The number of para-hydroxylation sites is 1. The van der Waals surface area contributed by atoms with Crippen LogP contribution in [-0.2, 0) is 33.6 Å². The highest BCUT2D eigenvalue weighted by molar-refractivity contribution is 5.93. The number of aromatic amines is 1. The molecule has 0 saturated carbocycles. The number of hydrogen-bond acceptors (Lipinski definition) is 5. The number of amides is 3. The summed E-state index contributed by atoms with van der Waals surface area (Å²) in [5, 5.41) is 15.9. The van der Waals surface area contributed by atoms with E-state index < -0.39 is 35.8 Å². The van der Waals surface area contributed by atoms with Gasteiger partial charge in [0.15, 0.2) is 0 Å². The van der Waals surface area contributed by atoms with Gasteiger partial charge in [-0.05, 0) is 41.3 Å². The molecule has 0 aliphatic carbocycles. The fraction of sp³-hybridized carbons (Fsp3) is 0.207. The predicted octanol–water partition coefficient (Wildman–Crippen LogP) is 1.68. The lowest BCUT2D eigenvalue weighted by Crippen LogP contribution is -2.56. The van der Waals surface area contributed by atoms with E-state index in [2.05, 4.69) is 15.6 Å². The van der Waals surface area contributed by atoms with E-state index in [1.165, 1.54) is 12.1 Å². The SMILES string of the molecule is NC(=O)[C@H](Cc1ccc(O)cc1)NC(=O)[C@H](Cc1c[nH]c2ccccc12)NC(=O)[C@@H](N)Cc1ccccc1. The number of rotatable bonds is 11. The molecule has 0 bridgehead atoms. The molecule has 3 amide bonds. The lowest BCUT2D eigenvalue weighted by Gasteiger charge is -2.23. The summed E-state index contributed by atoms with van der Waals surface area (Å²) in [6.45, 7) is 0. The number of carbonyl (C=O) groups excluding carboxylic acids is 3. The van der Waals surface area contributed by atoms with Crippen molar-refractivity contribution in [3.05, 3.63) is 102 Å². The number of H-pyrrole nitrogens is 1. The zero-order chi connectivity index (χ0) is 27.1. The lowest BCUT2D eigenvalue weighted by atomic mass is 10.0. The number of nitrogens with one attached hydrogen (secondary N) is 3. The largest absolute Gasteiger partial charge is 0.508 e. The van der Waals surface area contributed by atoms with Crippen LogP contribution in [0, 0.1) is 0 Å². The second-order valence-electron chi connectivity index (χ2n) is 9.26. The van der Waals surface area contributed by atoms with Crippen molar-refractivity contribution in [2.45, 2.75) is 37.4 Å². The van der Waals surface area contributed by atoms with Crippen LogP contribution in [0.4, 0.5) is 0 Å². The first-order chi connectivity index (χ1) is 18.3. The fourth-order valence-electron chi connectivity index (χ4n) is 4.33. The van der Waals surface area contributed by atoms with Gasteiger partial charge in [0.05, 0.1) is 6.04 Å². The van der Waals surface area contributed by atoms with Crippen LogP contribution in [0.5, 0.6) is 5.75 Å². The van der Waals surface area contributed by atoms with Gasteiger partial charge in [0.1, 0.15) is 17.8 Å². The summed E-state index contributed by atoms with van der Waals surface area (Å²) in [6.07, 6.45) is 2.40. The summed E-state index contributed by atoms with van der Waals surface area (Å²) >= 11 is 0. The standard InChI is InChI=1S/C29H31N5O4/c30-23(14-18-6-2-1-3-7-18)28(37)34-26(16-20-17-32-24-9-5-4-8-22(20)24)29(38)33-25(27(31)36)15-19-10-12-21(35)13-11-19/h1-13,17,23,25-26,32,35H,14-16,30H2,(H2,31,36)(H,33,38)(H,34,37)/t23-,25-,26-/m0/s1. The Morgan fingerprint density at radius 3 is 2.11 bits per heavy atom. The van der Waals surface area contributed by atoms with E-state index in [0.717, 1.165) is 22.0 Å². The Morgan fingerprint density at radius 1 is 0.763 bits per heavy atom. The molecule has 0 aliphatic heterocycles. The van der Waals surface area contributed by atoms with E-state index in [1.807, 2.05) is 54.6 Å². The first-order valence-corrected chi connectivity index (χ1v) is 12.3. The number of primary amides is 1. The Morgan fingerprint density at radius 2 is 1.39 bits per heavy atom. The Kier molecular flexibility index (Phi) is 8.40. The monoisotopic (exact) mass is 513 g/mol. The molecule has 0 unspecified atom stereocenters. The molecule has 4 aromatic rings. The minimum absolute atomic E-state index is 0.0850. The van der Waals surface area contributed by atoms with Crippen LogP contribution in [0.3, 0.4) is 0 Å². The van der Waals surface area contributed by atoms with Crippen LogP contribution >= 0.6 is 0 Å². The summed E-state index contributed by atoms with van der Waals surface area (Å²) < 4.78 is 0. The number of benzene rings is 3. The molecule has 8 N–H and O–H groups in total. The van der Waals surface area contributed by atoms with Crippen molar-refractivity contribution in [2.75, 3.05) is 0 Å². The van der Waals surface area contributed by atoms with Crippen molar-refractivity contribution in [1.82, 2.24) is 15.6 Å². The molecule has 0 saturated heterocycles. The molecule has 196 valence electrons. The highest BCUT2D eigenvalue weighted by atomic mass is 16.3. The average Bonchev–Trinajstić information content (AvgIpc) is 3.32. The molecular formula is C29H31N5O4. The van der Waals surface area contributed by atoms with Crippen molar-refractivity contribution >= 4 is 28.6 Å². The molecule has 1 aromatic heterocycles. The summed E-state index contributed by atoms with van der Waals surface area (Å²) in [5.74, 6) is -1.67. The number of hydrogen-bond donors (Lipinski definition) is 6. The maximum absolute atomic E-state index is 13.5. The van der Waals surface area contributed by atoms with Crippen LogP contribution in [-0.4, -0.2) is 45.9 Å². The molecule has 1 heterocycles. The van der Waals surface area contributed by atoms with Gasteiger partial charge in [0, 0.05) is 29.9 Å². The first kappa shape index (κ1) is 26.4. The van der Waals surface area contributed by atoms with Gasteiger partial charge in [-0.3, -0.25) is 14.4 Å².